The lowest BCUT2D eigenvalue weighted by atomic mass is 9.95. The number of benzene rings is 5. The Balaban J connectivity index is 1.28. The Kier molecular flexibility index (Phi) is 10.3. The van der Waals surface area contributed by atoms with Crippen LogP contribution < -0.4 is 15.4 Å². The number of hydrazone groups is 1. The fraction of sp³-hybridized carbons (Fsp3) is 0.190. The largest absolute Gasteiger partial charge is 0.497 e. The van der Waals surface area contributed by atoms with Crippen LogP contribution in [0, 0.1) is 0 Å². The monoisotopic (exact) mass is 696 g/mol. The number of ether oxygens (including phenoxy) is 1. The molecule has 0 unspecified atom stereocenters. The van der Waals surface area contributed by atoms with Crippen molar-refractivity contribution in [3.63, 3.8) is 0 Å². The third kappa shape index (κ3) is 7.06. The van der Waals surface area contributed by atoms with E-state index in [1.54, 1.807) is 7.11 Å². The first-order valence-electron chi connectivity index (χ1n) is 17.3. The summed E-state index contributed by atoms with van der Waals surface area (Å²) in [6, 6.07) is 45.8. The van der Waals surface area contributed by atoms with Gasteiger partial charge in [-0.2, -0.15) is 10.7 Å². The molecular formula is C42H41ClN6O2. The maximum Gasteiger partial charge on any atom is 0.179 e. The fourth-order valence-corrected chi connectivity index (χ4v) is 6.89. The van der Waals surface area contributed by atoms with Gasteiger partial charge in [0.2, 0.25) is 0 Å². The summed E-state index contributed by atoms with van der Waals surface area (Å²) in [5.41, 5.74) is 11.3. The van der Waals surface area contributed by atoms with Crippen LogP contribution in [0.1, 0.15) is 59.6 Å². The van der Waals surface area contributed by atoms with E-state index in [0.717, 1.165) is 75.7 Å². The van der Waals surface area contributed by atoms with Crippen molar-refractivity contribution in [3.05, 3.63) is 172 Å². The summed E-state index contributed by atoms with van der Waals surface area (Å²) in [5, 5.41) is 19.7. The number of aliphatic hydroxyl groups is 1. The Bertz CT molecular complexity index is 2040. The Hall–Kier alpha value is -5.57. The van der Waals surface area contributed by atoms with Gasteiger partial charge >= 0.3 is 0 Å². The van der Waals surface area contributed by atoms with Crippen molar-refractivity contribution in [3.8, 4) is 16.9 Å². The van der Waals surface area contributed by atoms with Crippen molar-refractivity contribution >= 4 is 23.1 Å². The molecule has 51 heavy (non-hydrogen) atoms. The molecule has 9 heteroatoms. The Morgan fingerprint density at radius 3 is 2.02 bits per heavy atom. The predicted molar refractivity (Wildman–Crippen MR) is 204 cm³/mol. The van der Waals surface area contributed by atoms with Gasteiger partial charge in [-0.3, -0.25) is 0 Å². The van der Waals surface area contributed by atoms with Gasteiger partial charge in [0.1, 0.15) is 17.6 Å². The molecule has 0 saturated carbocycles. The van der Waals surface area contributed by atoms with Crippen molar-refractivity contribution in [1.29, 1.82) is 0 Å². The molecule has 1 aliphatic rings. The first-order chi connectivity index (χ1) is 25.1. The van der Waals surface area contributed by atoms with Gasteiger partial charge in [0, 0.05) is 18.5 Å². The van der Waals surface area contributed by atoms with E-state index < -0.39 is 0 Å². The number of rotatable bonds is 13. The van der Waals surface area contributed by atoms with Gasteiger partial charge in [0.25, 0.3) is 0 Å². The summed E-state index contributed by atoms with van der Waals surface area (Å²) in [6.45, 7) is 2.58. The average molecular weight is 697 g/mol. The first kappa shape index (κ1) is 33.9. The zero-order valence-electron chi connectivity index (χ0n) is 28.8. The third-order valence-corrected chi connectivity index (χ3v) is 9.56. The molecule has 0 spiro atoms. The maximum absolute atomic E-state index is 10.1. The van der Waals surface area contributed by atoms with Gasteiger partial charge < -0.3 is 14.4 Å². The summed E-state index contributed by atoms with van der Waals surface area (Å²) < 4.78 is 7.53. The van der Waals surface area contributed by atoms with Crippen molar-refractivity contribution in [1.82, 2.24) is 20.1 Å². The topological polar surface area (TPSA) is 78.2 Å². The van der Waals surface area contributed by atoms with Crippen molar-refractivity contribution in [2.24, 2.45) is 5.10 Å². The predicted octanol–water partition coefficient (Wildman–Crippen LogP) is 8.79. The minimum Gasteiger partial charge on any atom is -0.497 e. The number of anilines is 1. The molecule has 0 fully saturated rings. The number of imidazole rings is 1. The second kappa shape index (κ2) is 15.5. The number of halogens is 1. The molecule has 0 bridgehead atoms. The lowest BCUT2D eigenvalue weighted by Crippen LogP contribution is -2.48. The summed E-state index contributed by atoms with van der Waals surface area (Å²) in [6.07, 6.45) is 2.88. The number of amidine groups is 1. The number of methoxy groups -OCH3 is 1. The van der Waals surface area contributed by atoms with Crippen LogP contribution >= 0.6 is 11.6 Å². The molecular weight excluding hydrogens is 656 g/mol. The Morgan fingerprint density at radius 1 is 0.784 bits per heavy atom. The van der Waals surface area contributed by atoms with Crippen molar-refractivity contribution < 1.29 is 9.84 Å². The lowest BCUT2D eigenvalue weighted by Gasteiger charge is -2.38. The van der Waals surface area contributed by atoms with E-state index in [1.807, 2.05) is 41.5 Å². The zero-order chi connectivity index (χ0) is 35.2. The Labute approximate surface area is 304 Å². The minimum atomic E-state index is -0.205. The van der Waals surface area contributed by atoms with E-state index in [0.29, 0.717) is 17.4 Å². The maximum atomic E-state index is 10.1. The number of hydrogen-bond donors (Lipinski definition) is 2. The number of nitrogens with one attached hydrogen (secondary N) is 1. The Morgan fingerprint density at radius 2 is 1.41 bits per heavy atom. The molecule has 0 aliphatic carbocycles. The normalized spacial score (nSPS) is 12.7. The van der Waals surface area contributed by atoms with Crippen molar-refractivity contribution in [2.45, 2.75) is 45.4 Å². The van der Waals surface area contributed by atoms with Gasteiger partial charge in [-0.1, -0.05) is 134 Å². The van der Waals surface area contributed by atoms with Crippen LogP contribution in [0.25, 0.3) is 11.1 Å². The SMILES string of the molecule is CCCCc1nc(Cl)c(CO)n1Cc1ccc(-c2ccccc2C2=NNN(c3ccc(OC)cc3)N2C(c2ccccc2)c2ccccc2)cc1. The number of unbranched alkanes of at least 4 members (excludes halogenated alkanes) is 1. The van der Waals surface area contributed by atoms with Gasteiger partial charge in [-0.05, 0) is 58.5 Å². The summed E-state index contributed by atoms with van der Waals surface area (Å²) in [7, 11) is 1.67. The van der Waals surface area contributed by atoms with Crippen LogP contribution in [0.2, 0.25) is 5.15 Å². The molecule has 6 aromatic rings. The number of aryl methyl sites for hydroxylation is 1. The number of nitrogens with zero attached hydrogens (tertiary/aromatic N) is 5. The van der Waals surface area contributed by atoms with Crippen LogP contribution in [0.3, 0.4) is 0 Å². The highest BCUT2D eigenvalue weighted by atomic mass is 35.5. The summed E-state index contributed by atoms with van der Waals surface area (Å²) in [4.78, 5) is 4.57. The second-order valence-corrected chi connectivity index (χ2v) is 12.8. The van der Waals surface area contributed by atoms with Crippen LogP contribution in [0.4, 0.5) is 5.69 Å². The number of aromatic nitrogens is 2. The van der Waals surface area contributed by atoms with Crippen LogP contribution in [-0.2, 0) is 19.6 Å². The van der Waals surface area contributed by atoms with E-state index >= 15 is 0 Å². The van der Waals surface area contributed by atoms with Crippen LogP contribution in [-0.4, -0.2) is 32.6 Å². The lowest BCUT2D eigenvalue weighted by molar-refractivity contribution is 0.271. The molecule has 2 N–H and O–H groups in total. The van der Waals surface area contributed by atoms with Crippen LogP contribution in [0.5, 0.6) is 5.75 Å². The number of hydrazine groups is 2. The number of aliphatic hydroxyl groups excluding tert-OH is 1. The molecule has 0 saturated heterocycles. The molecule has 0 atom stereocenters. The summed E-state index contributed by atoms with van der Waals surface area (Å²) in [5.74, 6) is 2.47. The van der Waals surface area contributed by atoms with Crippen molar-refractivity contribution in [2.75, 3.05) is 12.2 Å². The quantitative estimate of drug-likeness (QED) is 0.126. The molecule has 5 aromatic carbocycles. The van der Waals surface area contributed by atoms with Gasteiger partial charge in [0.05, 0.1) is 25.1 Å². The molecule has 2 heterocycles. The highest BCUT2D eigenvalue weighted by molar-refractivity contribution is 6.30. The molecule has 0 radical (unpaired) electrons. The standard InChI is InChI=1S/C42H41ClN6O2/c1-3-4-19-39-44-41(43)38(29-50)47(39)28-30-20-22-31(23-21-30)36-17-11-12-18-37(36)42-45-46-49(34-24-26-35(51-2)27-25-34)48(42)40(32-13-7-5-8-14-32)33-15-9-6-10-16-33/h5-18,20-27,40,46,50H,3-4,19,28-29H2,1-2H3. The number of hydrogen-bond acceptors (Lipinski definition) is 7. The van der Waals surface area contributed by atoms with Gasteiger partial charge in [-0.15, -0.1) is 5.10 Å². The third-order valence-electron chi connectivity index (χ3n) is 9.26. The van der Waals surface area contributed by atoms with E-state index in [4.69, 9.17) is 21.4 Å². The van der Waals surface area contributed by atoms with E-state index in [1.165, 1.54) is 0 Å². The van der Waals surface area contributed by atoms with Crippen LogP contribution in [0.15, 0.2) is 139 Å². The molecule has 258 valence electrons. The fourth-order valence-electron chi connectivity index (χ4n) is 6.63. The molecule has 1 aromatic heterocycles. The first-order valence-corrected chi connectivity index (χ1v) is 17.7. The molecule has 8 nitrogen and oxygen atoms in total. The zero-order valence-corrected chi connectivity index (χ0v) is 29.5. The highest BCUT2D eigenvalue weighted by Crippen LogP contribution is 2.37. The molecule has 1 aliphatic heterocycles. The average Bonchev–Trinajstić information content (AvgIpc) is 3.75. The van der Waals surface area contributed by atoms with E-state index in [-0.39, 0.29) is 12.6 Å². The van der Waals surface area contributed by atoms with E-state index in [2.05, 4.69) is 124 Å². The summed E-state index contributed by atoms with van der Waals surface area (Å²) >= 11 is 6.43. The smallest absolute Gasteiger partial charge is 0.179 e. The van der Waals surface area contributed by atoms with Gasteiger partial charge in [0.15, 0.2) is 11.0 Å². The highest BCUT2D eigenvalue weighted by Gasteiger charge is 2.36. The molecule has 7 rings (SSSR count). The van der Waals surface area contributed by atoms with Gasteiger partial charge in [-0.25, -0.2) is 9.99 Å². The minimum absolute atomic E-state index is 0.156. The van der Waals surface area contributed by atoms with E-state index in [9.17, 15) is 5.11 Å². The molecule has 0 amide bonds. The second-order valence-electron chi connectivity index (χ2n) is 12.5.